The summed E-state index contributed by atoms with van der Waals surface area (Å²) in [6.45, 7) is 10.6. The summed E-state index contributed by atoms with van der Waals surface area (Å²) in [6.07, 6.45) is 3.95. The van der Waals surface area contributed by atoms with E-state index in [0.717, 1.165) is 66.5 Å². The van der Waals surface area contributed by atoms with Crippen LogP contribution in [0.1, 0.15) is 85.0 Å². The van der Waals surface area contributed by atoms with Crippen LogP contribution in [0.3, 0.4) is 0 Å². The summed E-state index contributed by atoms with van der Waals surface area (Å²) >= 11 is 0. The molecule has 0 saturated heterocycles. The van der Waals surface area contributed by atoms with Crippen LogP contribution in [0.25, 0.3) is 22.2 Å². The van der Waals surface area contributed by atoms with Gasteiger partial charge in [-0.25, -0.2) is 4.79 Å². The van der Waals surface area contributed by atoms with Crippen molar-refractivity contribution in [2.75, 3.05) is 13.1 Å². The number of carboxylic acids is 1. The number of hydrogen-bond donors (Lipinski definition) is 4. The number of carboxylic acid groups (broad SMARTS) is 1. The number of benzene rings is 3. The smallest absolute Gasteiger partial charge is 0.335 e. The maximum absolute atomic E-state index is 11.7. The summed E-state index contributed by atoms with van der Waals surface area (Å²) in [5, 5.41) is 23.6. The minimum atomic E-state index is -0.906. The number of aromatic carboxylic acids is 1. The Balaban J connectivity index is 1.53. The van der Waals surface area contributed by atoms with Gasteiger partial charge >= 0.3 is 5.97 Å². The van der Waals surface area contributed by atoms with Gasteiger partial charge in [-0.3, -0.25) is 0 Å². The number of aromatic nitrogens is 1. The first-order valence-electron chi connectivity index (χ1n) is 13.7. The molecule has 0 atom stereocenters. The number of phenolic OH excluding ortho intramolecular Hbond substituents is 1. The Morgan fingerprint density at radius 2 is 1.53 bits per heavy atom. The molecule has 0 bridgehead atoms. The van der Waals surface area contributed by atoms with Crippen LogP contribution in [0.5, 0.6) is 5.75 Å². The van der Waals surface area contributed by atoms with E-state index in [2.05, 4.69) is 56.2 Å². The van der Waals surface area contributed by atoms with Gasteiger partial charge in [-0.2, -0.15) is 0 Å². The molecule has 0 aliphatic carbocycles. The van der Waals surface area contributed by atoms with Gasteiger partial charge in [-0.1, -0.05) is 45.9 Å². The van der Waals surface area contributed by atoms with Crippen LogP contribution >= 0.6 is 0 Å². The summed E-state index contributed by atoms with van der Waals surface area (Å²) in [7, 11) is 0. The number of aromatic amines is 1. The Hall–Kier alpha value is -3.57. The number of aryl methyl sites for hydroxylation is 1. The fourth-order valence-electron chi connectivity index (χ4n) is 4.95. The number of carbonyl (C=O) groups is 1. The second-order valence-corrected chi connectivity index (χ2v) is 10.9. The topological polar surface area (TPSA) is 85.4 Å². The highest BCUT2D eigenvalue weighted by Gasteiger charge is 2.17. The molecule has 4 aromatic rings. The second-order valence-electron chi connectivity index (χ2n) is 10.9. The first kappa shape index (κ1) is 27.5. The predicted molar refractivity (Wildman–Crippen MR) is 156 cm³/mol. The molecule has 0 aliphatic heterocycles. The van der Waals surface area contributed by atoms with Crippen LogP contribution in [-0.2, 0) is 12.8 Å². The lowest BCUT2D eigenvalue weighted by Crippen LogP contribution is -2.18. The number of H-pyrrole nitrogens is 1. The first-order valence-corrected chi connectivity index (χ1v) is 13.7. The molecule has 0 aliphatic rings. The van der Waals surface area contributed by atoms with E-state index in [9.17, 15) is 15.0 Å². The van der Waals surface area contributed by atoms with Gasteiger partial charge in [0.1, 0.15) is 5.75 Å². The molecule has 1 heterocycles. The van der Waals surface area contributed by atoms with E-state index in [1.807, 2.05) is 18.2 Å². The van der Waals surface area contributed by atoms with E-state index in [1.54, 1.807) is 24.3 Å². The molecule has 4 N–H and O–H groups in total. The number of aromatic hydroxyl groups is 1. The number of hydrogen-bond acceptors (Lipinski definition) is 3. The molecule has 0 amide bonds. The van der Waals surface area contributed by atoms with Gasteiger partial charge in [-0.05, 0) is 121 Å². The zero-order valence-electron chi connectivity index (χ0n) is 23.0. The molecule has 1 aromatic heterocycles. The van der Waals surface area contributed by atoms with Crippen molar-refractivity contribution in [3.8, 4) is 17.0 Å². The molecule has 0 unspecified atom stereocenters. The third kappa shape index (κ3) is 6.65. The number of rotatable bonds is 12. The molecule has 0 saturated carbocycles. The summed E-state index contributed by atoms with van der Waals surface area (Å²) in [6, 6.07) is 19.7. The van der Waals surface area contributed by atoms with Crippen molar-refractivity contribution in [1.82, 2.24) is 10.3 Å². The Morgan fingerprint density at radius 3 is 2.16 bits per heavy atom. The van der Waals surface area contributed by atoms with Crippen molar-refractivity contribution >= 4 is 16.9 Å². The molecule has 38 heavy (non-hydrogen) atoms. The van der Waals surface area contributed by atoms with Crippen molar-refractivity contribution in [3.05, 3.63) is 88.5 Å². The zero-order chi connectivity index (χ0) is 27.2. The number of fused-ring (bicyclic) bond motifs is 1. The van der Waals surface area contributed by atoms with Gasteiger partial charge in [-0.15, -0.1) is 0 Å². The molecule has 200 valence electrons. The normalized spacial score (nSPS) is 11.6. The van der Waals surface area contributed by atoms with E-state index in [-0.39, 0.29) is 0 Å². The molecule has 5 nitrogen and oxygen atoms in total. The van der Waals surface area contributed by atoms with Crippen LogP contribution in [0.15, 0.2) is 60.7 Å². The van der Waals surface area contributed by atoms with Crippen molar-refractivity contribution in [1.29, 1.82) is 0 Å². The molecule has 4 rings (SSSR count). The Labute approximate surface area is 225 Å². The van der Waals surface area contributed by atoms with Crippen LogP contribution in [-0.4, -0.2) is 34.3 Å². The standard InChI is InChI=1S/C33H40N2O3/c1-21(2)25-17-26(22(3)4)19-27(18-25)32-29(30-20-24(33(37)38)10-13-31(30)35-32)14-16-34-15-6-5-7-23-8-11-28(36)12-9-23/h8-13,17-22,34-36H,5-7,14-16H2,1-4H3,(H,37,38). The van der Waals surface area contributed by atoms with E-state index >= 15 is 0 Å². The number of phenols is 1. The van der Waals surface area contributed by atoms with Crippen LogP contribution in [0.2, 0.25) is 0 Å². The monoisotopic (exact) mass is 512 g/mol. The highest BCUT2D eigenvalue weighted by molar-refractivity contribution is 5.97. The Morgan fingerprint density at radius 1 is 0.842 bits per heavy atom. The van der Waals surface area contributed by atoms with E-state index in [4.69, 9.17) is 0 Å². The fraction of sp³-hybridized carbons (Fsp3) is 0.364. The van der Waals surface area contributed by atoms with Crippen molar-refractivity contribution < 1.29 is 15.0 Å². The third-order valence-corrected chi connectivity index (χ3v) is 7.31. The van der Waals surface area contributed by atoms with Crippen LogP contribution in [0, 0.1) is 0 Å². The predicted octanol–water partition coefficient (Wildman–Crippen LogP) is 7.64. The molecule has 0 spiro atoms. The lowest BCUT2D eigenvalue weighted by atomic mass is 9.91. The summed E-state index contributed by atoms with van der Waals surface area (Å²) in [5.41, 5.74) is 8.56. The maximum atomic E-state index is 11.7. The third-order valence-electron chi connectivity index (χ3n) is 7.31. The van der Waals surface area contributed by atoms with E-state index in [0.29, 0.717) is 23.1 Å². The van der Waals surface area contributed by atoms with Gasteiger partial charge in [0.25, 0.3) is 0 Å². The average Bonchev–Trinajstić information content (AvgIpc) is 3.26. The molecular weight excluding hydrogens is 472 g/mol. The molecule has 5 heteroatoms. The summed E-state index contributed by atoms with van der Waals surface area (Å²) in [4.78, 5) is 15.3. The second kappa shape index (κ2) is 12.3. The fourth-order valence-corrected chi connectivity index (χ4v) is 4.95. The first-order chi connectivity index (χ1) is 18.2. The van der Waals surface area contributed by atoms with Crippen molar-refractivity contribution in [2.24, 2.45) is 0 Å². The number of unbranched alkanes of at least 4 members (excludes halogenated alkanes) is 1. The lowest BCUT2D eigenvalue weighted by molar-refractivity contribution is 0.0697. The molecular formula is C33H40N2O3. The Kier molecular flexibility index (Phi) is 8.90. The van der Waals surface area contributed by atoms with E-state index < -0.39 is 5.97 Å². The average molecular weight is 513 g/mol. The summed E-state index contributed by atoms with van der Waals surface area (Å²) in [5.74, 6) is 0.236. The van der Waals surface area contributed by atoms with Gasteiger partial charge in [0.15, 0.2) is 0 Å². The van der Waals surface area contributed by atoms with Crippen LogP contribution < -0.4 is 5.32 Å². The van der Waals surface area contributed by atoms with E-state index in [1.165, 1.54) is 16.7 Å². The molecule has 3 aromatic carbocycles. The van der Waals surface area contributed by atoms with Gasteiger partial charge in [0.2, 0.25) is 0 Å². The largest absolute Gasteiger partial charge is 0.508 e. The van der Waals surface area contributed by atoms with Crippen molar-refractivity contribution in [2.45, 2.75) is 65.2 Å². The quantitative estimate of drug-likeness (QED) is 0.147. The van der Waals surface area contributed by atoms with Crippen molar-refractivity contribution in [3.63, 3.8) is 0 Å². The molecule has 0 radical (unpaired) electrons. The minimum Gasteiger partial charge on any atom is -0.508 e. The highest BCUT2D eigenvalue weighted by Crippen LogP contribution is 2.35. The van der Waals surface area contributed by atoms with Gasteiger partial charge < -0.3 is 20.5 Å². The van der Waals surface area contributed by atoms with Gasteiger partial charge in [0, 0.05) is 16.6 Å². The van der Waals surface area contributed by atoms with Crippen LogP contribution in [0.4, 0.5) is 0 Å². The lowest BCUT2D eigenvalue weighted by Gasteiger charge is -2.15. The SMILES string of the molecule is CC(C)c1cc(-c2[nH]c3ccc(C(=O)O)cc3c2CCNCCCCc2ccc(O)cc2)cc(C(C)C)c1. The molecule has 0 fully saturated rings. The number of nitrogens with one attached hydrogen (secondary N) is 2. The summed E-state index contributed by atoms with van der Waals surface area (Å²) < 4.78 is 0. The maximum Gasteiger partial charge on any atom is 0.335 e. The Bertz CT molecular complexity index is 1360. The zero-order valence-corrected chi connectivity index (χ0v) is 23.0. The van der Waals surface area contributed by atoms with Gasteiger partial charge in [0.05, 0.1) is 5.56 Å². The minimum absolute atomic E-state index is 0.305. The highest BCUT2D eigenvalue weighted by atomic mass is 16.4.